The van der Waals surface area contributed by atoms with Crippen molar-refractivity contribution in [3.8, 4) is 11.5 Å². The van der Waals surface area contributed by atoms with E-state index in [2.05, 4.69) is 0 Å². The Balaban J connectivity index is 2.22. The molecule has 4 nitrogen and oxygen atoms in total. The van der Waals surface area contributed by atoms with Gasteiger partial charge in [-0.1, -0.05) is 36.4 Å². The van der Waals surface area contributed by atoms with E-state index in [0.717, 1.165) is 0 Å². The second-order valence-electron chi connectivity index (χ2n) is 5.83. The van der Waals surface area contributed by atoms with Crippen LogP contribution in [0.5, 0.6) is 11.5 Å². The molecular weight excluding hydrogens is 280 g/mol. The van der Waals surface area contributed by atoms with Crippen molar-refractivity contribution in [1.29, 1.82) is 0 Å². The van der Waals surface area contributed by atoms with E-state index in [1.165, 1.54) is 0 Å². The van der Waals surface area contributed by atoms with Gasteiger partial charge in [0, 0.05) is 11.1 Å². The summed E-state index contributed by atoms with van der Waals surface area (Å²) in [5, 5.41) is 22.3. The van der Waals surface area contributed by atoms with Crippen molar-refractivity contribution < 1.29 is 19.7 Å². The number of benzene rings is 2. The van der Waals surface area contributed by atoms with E-state index in [1.54, 1.807) is 38.1 Å². The highest BCUT2D eigenvalue weighted by Gasteiger charge is 2.47. The standard InChI is InChI=1S/C18H20O4/c1-17(19)13-7-3-5-9-15(13)21-11-12-22-16-10-6-4-8-14(16)18(17,2)20/h3-10,19-20H,11-12H2,1-2H3/t17-,18+. The molecule has 0 unspecified atom stereocenters. The van der Waals surface area contributed by atoms with E-state index in [4.69, 9.17) is 9.47 Å². The topological polar surface area (TPSA) is 58.9 Å². The molecule has 1 aliphatic rings. The lowest BCUT2D eigenvalue weighted by molar-refractivity contribution is -0.145. The first-order valence-corrected chi connectivity index (χ1v) is 7.34. The Morgan fingerprint density at radius 3 is 1.50 bits per heavy atom. The summed E-state index contributed by atoms with van der Waals surface area (Å²) in [6.45, 7) is 3.91. The first kappa shape index (κ1) is 14.9. The summed E-state index contributed by atoms with van der Waals surface area (Å²) in [5.41, 5.74) is -1.98. The van der Waals surface area contributed by atoms with Crippen molar-refractivity contribution in [1.82, 2.24) is 0 Å². The summed E-state index contributed by atoms with van der Waals surface area (Å²) in [6.07, 6.45) is 0. The normalized spacial score (nSPS) is 27.8. The number of para-hydroxylation sites is 2. The van der Waals surface area contributed by atoms with Crippen molar-refractivity contribution >= 4 is 0 Å². The Bertz CT molecular complexity index is 617. The average molecular weight is 300 g/mol. The van der Waals surface area contributed by atoms with Gasteiger partial charge in [-0.25, -0.2) is 0 Å². The minimum absolute atomic E-state index is 0.365. The van der Waals surface area contributed by atoms with Gasteiger partial charge in [-0.05, 0) is 26.0 Å². The lowest BCUT2D eigenvalue weighted by atomic mass is 9.75. The van der Waals surface area contributed by atoms with Crippen molar-refractivity contribution in [2.75, 3.05) is 13.2 Å². The van der Waals surface area contributed by atoms with Gasteiger partial charge in [0.15, 0.2) is 0 Å². The van der Waals surface area contributed by atoms with Crippen LogP contribution in [-0.4, -0.2) is 23.4 Å². The molecule has 1 aliphatic heterocycles. The first-order chi connectivity index (χ1) is 10.4. The second-order valence-corrected chi connectivity index (χ2v) is 5.83. The number of hydrogen-bond acceptors (Lipinski definition) is 4. The van der Waals surface area contributed by atoms with Crippen LogP contribution in [0.15, 0.2) is 48.5 Å². The molecule has 0 fully saturated rings. The quantitative estimate of drug-likeness (QED) is 0.785. The molecule has 0 radical (unpaired) electrons. The molecule has 2 aromatic carbocycles. The van der Waals surface area contributed by atoms with Gasteiger partial charge in [0.1, 0.15) is 35.9 Å². The van der Waals surface area contributed by atoms with Crippen LogP contribution in [0, 0.1) is 0 Å². The average Bonchev–Trinajstić information content (AvgIpc) is 2.51. The third-order valence-electron chi connectivity index (χ3n) is 4.37. The van der Waals surface area contributed by atoms with Gasteiger partial charge in [0.2, 0.25) is 0 Å². The monoisotopic (exact) mass is 300 g/mol. The SMILES string of the molecule is C[C@]1(O)c2ccccc2OCCOc2ccccc2[C@@]1(C)O. The molecular formula is C18H20O4. The Morgan fingerprint density at radius 1 is 0.727 bits per heavy atom. The lowest BCUT2D eigenvalue weighted by Gasteiger charge is -2.41. The Kier molecular flexibility index (Phi) is 3.59. The predicted octanol–water partition coefficient (Wildman–Crippen LogP) is 2.57. The highest BCUT2D eigenvalue weighted by molar-refractivity contribution is 5.46. The molecule has 2 atom stereocenters. The van der Waals surface area contributed by atoms with Crippen LogP contribution in [-0.2, 0) is 11.2 Å². The van der Waals surface area contributed by atoms with E-state index < -0.39 is 11.2 Å². The number of fused-ring (bicyclic) bond motifs is 2. The van der Waals surface area contributed by atoms with Gasteiger partial charge >= 0.3 is 0 Å². The summed E-state index contributed by atoms with van der Waals surface area (Å²) in [4.78, 5) is 0. The number of rotatable bonds is 0. The Hall–Kier alpha value is -2.04. The van der Waals surface area contributed by atoms with E-state index in [0.29, 0.717) is 35.8 Å². The summed E-state index contributed by atoms with van der Waals surface area (Å²) in [7, 11) is 0. The van der Waals surface area contributed by atoms with Gasteiger partial charge in [0.25, 0.3) is 0 Å². The zero-order valence-electron chi connectivity index (χ0n) is 12.7. The van der Waals surface area contributed by atoms with Crippen LogP contribution in [0.2, 0.25) is 0 Å². The van der Waals surface area contributed by atoms with Crippen molar-refractivity contribution in [2.45, 2.75) is 25.0 Å². The lowest BCUT2D eigenvalue weighted by Crippen LogP contribution is -2.45. The molecule has 0 saturated carbocycles. The van der Waals surface area contributed by atoms with Crippen molar-refractivity contribution in [2.24, 2.45) is 0 Å². The fourth-order valence-corrected chi connectivity index (χ4v) is 2.82. The van der Waals surface area contributed by atoms with Gasteiger partial charge < -0.3 is 19.7 Å². The molecule has 116 valence electrons. The van der Waals surface area contributed by atoms with Gasteiger partial charge in [-0.15, -0.1) is 0 Å². The molecule has 0 aliphatic carbocycles. The maximum absolute atomic E-state index is 11.1. The van der Waals surface area contributed by atoms with Gasteiger partial charge in [-0.3, -0.25) is 0 Å². The third-order valence-corrected chi connectivity index (χ3v) is 4.37. The number of aliphatic hydroxyl groups is 2. The zero-order chi connectivity index (χ0) is 15.8. The smallest absolute Gasteiger partial charge is 0.125 e. The molecule has 2 N–H and O–H groups in total. The second kappa shape index (κ2) is 5.30. The molecule has 1 heterocycles. The highest BCUT2D eigenvalue weighted by atomic mass is 16.5. The Morgan fingerprint density at radius 2 is 1.09 bits per heavy atom. The fourth-order valence-electron chi connectivity index (χ4n) is 2.82. The number of hydrogen-bond donors (Lipinski definition) is 2. The molecule has 22 heavy (non-hydrogen) atoms. The van der Waals surface area contributed by atoms with E-state index in [1.807, 2.05) is 24.3 Å². The number of ether oxygens (including phenoxy) is 2. The van der Waals surface area contributed by atoms with Crippen molar-refractivity contribution in [3.05, 3.63) is 59.7 Å². The van der Waals surface area contributed by atoms with E-state index in [-0.39, 0.29) is 0 Å². The zero-order valence-corrected chi connectivity index (χ0v) is 12.7. The largest absolute Gasteiger partial charge is 0.490 e. The predicted molar refractivity (Wildman–Crippen MR) is 83.0 cm³/mol. The summed E-state index contributed by atoms with van der Waals surface area (Å²) in [5.74, 6) is 1.10. The van der Waals surface area contributed by atoms with Crippen LogP contribution >= 0.6 is 0 Å². The van der Waals surface area contributed by atoms with E-state index in [9.17, 15) is 10.2 Å². The minimum Gasteiger partial charge on any atom is -0.490 e. The first-order valence-electron chi connectivity index (χ1n) is 7.34. The third kappa shape index (κ3) is 2.25. The van der Waals surface area contributed by atoms with Crippen molar-refractivity contribution in [3.63, 3.8) is 0 Å². The fraction of sp³-hybridized carbons (Fsp3) is 0.333. The summed E-state index contributed by atoms with van der Waals surface area (Å²) >= 11 is 0. The molecule has 3 rings (SSSR count). The van der Waals surface area contributed by atoms with Gasteiger partial charge in [-0.2, -0.15) is 0 Å². The summed E-state index contributed by atoms with van der Waals surface area (Å²) < 4.78 is 11.4. The van der Waals surface area contributed by atoms with Crippen LogP contribution in [0.25, 0.3) is 0 Å². The maximum atomic E-state index is 11.1. The molecule has 0 aromatic heterocycles. The molecule has 0 amide bonds. The molecule has 0 spiro atoms. The minimum atomic E-state index is -1.54. The molecule has 2 aromatic rings. The van der Waals surface area contributed by atoms with Gasteiger partial charge in [0.05, 0.1) is 0 Å². The van der Waals surface area contributed by atoms with Crippen LogP contribution in [0.4, 0.5) is 0 Å². The van der Waals surface area contributed by atoms with E-state index >= 15 is 0 Å². The van der Waals surface area contributed by atoms with Crippen LogP contribution in [0.3, 0.4) is 0 Å². The Labute approximate surface area is 129 Å². The van der Waals surface area contributed by atoms with Crippen LogP contribution in [0.1, 0.15) is 25.0 Å². The molecule has 0 saturated heterocycles. The maximum Gasteiger partial charge on any atom is 0.125 e. The summed E-state index contributed by atoms with van der Waals surface area (Å²) in [6, 6.07) is 14.4. The van der Waals surface area contributed by atoms with Crippen LogP contribution < -0.4 is 9.47 Å². The molecule has 0 bridgehead atoms. The molecule has 4 heteroatoms. The highest BCUT2D eigenvalue weighted by Crippen LogP contribution is 2.46.